The lowest BCUT2D eigenvalue weighted by molar-refractivity contribution is -0.139. The smallest absolute Gasteiger partial charge is 0.330 e. The lowest BCUT2D eigenvalue weighted by Gasteiger charge is -2.17. The summed E-state index contributed by atoms with van der Waals surface area (Å²) in [5.74, 6) is 2.34. The molecule has 3 heteroatoms. The third kappa shape index (κ3) is 4.13. The van der Waals surface area contributed by atoms with E-state index >= 15 is 0 Å². The van der Waals surface area contributed by atoms with Gasteiger partial charge in [0.1, 0.15) is 12.4 Å². The maximum Gasteiger partial charge on any atom is 0.330 e. The number of ether oxygens (including phenoxy) is 2. The van der Waals surface area contributed by atoms with E-state index in [0.717, 1.165) is 17.7 Å². The van der Waals surface area contributed by atoms with Gasteiger partial charge in [0.05, 0.1) is 6.61 Å². The van der Waals surface area contributed by atoms with Crippen LogP contribution in [0.4, 0.5) is 0 Å². The summed E-state index contributed by atoms with van der Waals surface area (Å²) in [4.78, 5) is 11.8. The van der Waals surface area contributed by atoms with E-state index in [9.17, 15) is 4.79 Å². The van der Waals surface area contributed by atoms with E-state index in [-0.39, 0.29) is 5.97 Å². The molecule has 1 aromatic rings. The zero-order chi connectivity index (χ0) is 16.1. The maximum atomic E-state index is 11.8. The van der Waals surface area contributed by atoms with Crippen molar-refractivity contribution in [1.82, 2.24) is 0 Å². The van der Waals surface area contributed by atoms with E-state index in [0.29, 0.717) is 31.0 Å². The molecule has 3 nitrogen and oxygen atoms in total. The zero-order valence-corrected chi connectivity index (χ0v) is 13.2. The van der Waals surface area contributed by atoms with Gasteiger partial charge in [0, 0.05) is 6.08 Å². The third-order valence-corrected chi connectivity index (χ3v) is 4.52. The average molecular weight is 310 g/mol. The first-order chi connectivity index (χ1) is 11.2. The Kier molecular flexibility index (Phi) is 4.96. The molecule has 0 radical (unpaired) electrons. The molecule has 1 fully saturated rings. The number of hydrogen-bond acceptors (Lipinski definition) is 3. The van der Waals surface area contributed by atoms with Crippen molar-refractivity contribution >= 4 is 12.0 Å². The molecule has 1 saturated carbocycles. The van der Waals surface area contributed by atoms with Gasteiger partial charge in [-0.2, -0.15) is 0 Å². The second kappa shape index (κ2) is 7.32. The topological polar surface area (TPSA) is 35.5 Å². The first kappa shape index (κ1) is 15.6. The molecule has 0 spiro atoms. The molecule has 3 atom stereocenters. The number of fused-ring (bicyclic) bond motifs is 2. The van der Waals surface area contributed by atoms with Gasteiger partial charge in [0.15, 0.2) is 0 Å². The van der Waals surface area contributed by atoms with Gasteiger partial charge >= 0.3 is 5.97 Å². The number of benzene rings is 1. The van der Waals surface area contributed by atoms with Gasteiger partial charge in [0.25, 0.3) is 0 Å². The Labute approximate surface area is 137 Å². The van der Waals surface area contributed by atoms with Gasteiger partial charge in [-0.05, 0) is 54.4 Å². The van der Waals surface area contributed by atoms with E-state index in [1.807, 2.05) is 24.3 Å². The zero-order valence-electron chi connectivity index (χ0n) is 13.2. The Morgan fingerprint density at radius 2 is 2.04 bits per heavy atom. The SMILES string of the molecule is C=CCOc1ccc(/C=C/C(=O)OCC2CC3C=CC2C3)cc1. The minimum absolute atomic E-state index is 0.274. The lowest BCUT2D eigenvalue weighted by Crippen LogP contribution is -2.16. The number of rotatable bonds is 7. The number of carbonyl (C=O) groups excluding carboxylic acids is 1. The summed E-state index contributed by atoms with van der Waals surface area (Å²) in [6.07, 6.45) is 11.9. The second-order valence-electron chi connectivity index (χ2n) is 6.17. The molecule has 2 aliphatic rings. The summed E-state index contributed by atoms with van der Waals surface area (Å²) >= 11 is 0. The molecule has 1 aromatic carbocycles. The fraction of sp³-hybridized carbons (Fsp3) is 0.350. The van der Waals surface area contributed by atoms with Crippen molar-refractivity contribution in [2.45, 2.75) is 12.8 Å². The molecule has 23 heavy (non-hydrogen) atoms. The van der Waals surface area contributed by atoms with Gasteiger partial charge in [-0.15, -0.1) is 0 Å². The normalized spacial score (nSPS) is 25.0. The van der Waals surface area contributed by atoms with Crippen LogP contribution >= 0.6 is 0 Å². The highest BCUT2D eigenvalue weighted by Crippen LogP contribution is 2.43. The number of allylic oxidation sites excluding steroid dienone is 2. The summed E-state index contributed by atoms with van der Waals surface area (Å²) < 4.78 is 10.8. The van der Waals surface area contributed by atoms with Crippen LogP contribution in [0.3, 0.4) is 0 Å². The van der Waals surface area contributed by atoms with Crippen LogP contribution in [-0.2, 0) is 9.53 Å². The largest absolute Gasteiger partial charge is 0.490 e. The predicted molar refractivity (Wildman–Crippen MR) is 91.0 cm³/mol. The molecule has 2 bridgehead atoms. The van der Waals surface area contributed by atoms with Crippen molar-refractivity contribution in [2.75, 3.05) is 13.2 Å². The molecule has 3 rings (SSSR count). The molecule has 0 amide bonds. The maximum absolute atomic E-state index is 11.8. The number of hydrogen-bond donors (Lipinski definition) is 0. The van der Waals surface area contributed by atoms with Crippen molar-refractivity contribution < 1.29 is 14.3 Å². The molecule has 2 aliphatic carbocycles. The molecule has 3 unspecified atom stereocenters. The Balaban J connectivity index is 1.44. The van der Waals surface area contributed by atoms with E-state index in [2.05, 4.69) is 18.7 Å². The summed E-state index contributed by atoms with van der Waals surface area (Å²) in [6, 6.07) is 7.55. The van der Waals surface area contributed by atoms with Gasteiger partial charge in [-0.1, -0.05) is 36.9 Å². The lowest BCUT2D eigenvalue weighted by atomic mass is 9.95. The van der Waals surface area contributed by atoms with Crippen LogP contribution in [-0.4, -0.2) is 19.2 Å². The Hall–Kier alpha value is -2.29. The van der Waals surface area contributed by atoms with Crippen LogP contribution in [0.25, 0.3) is 6.08 Å². The standard InChI is InChI=1S/C20H22O3/c1-2-11-22-19-8-4-15(5-9-19)6-10-20(21)23-14-18-13-16-3-7-17(18)12-16/h2-10,16-18H,1,11-14H2/b10-6+. The van der Waals surface area contributed by atoms with Crippen LogP contribution in [0.1, 0.15) is 18.4 Å². The average Bonchev–Trinajstić information content (AvgIpc) is 3.20. The van der Waals surface area contributed by atoms with Crippen molar-refractivity contribution in [2.24, 2.45) is 17.8 Å². The first-order valence-electron chi connectivity index (χ1n) is 8.11. The monoisotopic (exact) mass is 310 g/mol. The van der Waals surface area contributed by atoms with Gasteiger partial charge < -0.3 is 9.47 Å². The molecule has 0 N–H and O–H groups in total. The van der Waals surface area contributed by atoms with E-state index in [4.69, 9.17) is 9.47 Å². The van der Waals surface area contributed by atoms with Crippen LogP contribution in [0.5, 0.6) is 5.75 Å². The Morgan fingerprint density at radius 3 is 2.70 bits per heavy atom. The van der Waals surface area contributed by atoms with Crippen LogP contribution in [0, 0.1) is 17.8 Å². The van der Waals surface area contributed by atoms with E-state index in [1.54, 1.807) is 12.2 Å². The summed E-state index contributed by atoms with van der Waals surface area (Å²) in [5, 5.41) is 0. The minimum Gasteiger partial charge on any atom is -0.490 e. The highest BCUT2D eigenvalue weighted by Gasteiger charge is 2.35. The van der Waals surface area contributed by atoms with Crippen molar-refractivity contribution in [3.05, 3.63) is 60.7 Å². The molecule has 0 aromatic heterocycles. The molecular formula is C20H22O3. The van der Waals surface area contributed by atoms with Crippen molar-refractivity contribution in [3.8, 4) is 5.75 Å². The van der Waals surface area contributed by atoms with Gasteiger partial charge in [0.2, 0.25) is 0 Å². The van der Waals surface area contributed by atoms with Crippen molar-refractivity contribution in [1.29, 1.82) is 0 Å². The number of carbonyl (C=O) groups is 1. The summed E-state index contributed by atoms with van der Waals surface area (Å²) in [7, 11) is 0. The summed E-state index contributed by atoms with van der Waals surface area (Å²) in [6.45, 7) is 4.63. The fourth-order valence-corrected chi connectivity index (χ4v) is 3.32. The molecule has 120 valence electrons. The number of esters is 1. The van der Waals surface area contributed by atoms with Gasteiger partial charge in [-0.3, -0.25) is 0 Å². The highest BCUT2D eigenvalue weighted by atomic mass is 16.5. The van der Waals surface area contributed by atoms with Gasteiger partial charge in [-0.25, -0.2) is 4.79 Å². The fourth-order valence-electron chi connectivity index (χ4n) is 3.32. The first-order valence-corrected chi connectivity index (χ1v) is 8.11. The Morgan fingerprint density at radius 1 is 1.22 bits per heavy atom. The quantitative estimate of drug-likeness (QED) is 0.433. The minimum atomic E-state index is -0.274. The third-order valence-electron chi connectivity index (χ3n) is 4.52. The van der Waals surface area contributed by atoms with E-state index < -0.39 is 0 Å². The van der Waals surface area contributed by atoms with E-state index in [1.165, 1.54) is 12.5 Å². The highest BCUT2D eigenvalue weighted by molar-refractivity contribution is 5.87. The molecule has 0 aliphatic heterocycles. The van der Waals surface area contributed by atoms with Crippen LogP contribution in [0.2, 0.25) is 0 Å². The second-order valence-corrected chi connectivity index (χ2v) is 6.17. The molecular weight excluding hydrogens is 288 g/mol. The Bertz CT molecular complexity index is 612. The van der Waals surface area contributed by atoms with Crippen molar-refractivity contribution in [3.63, 3.8) is 0 Å². The van der Waals surface area contributed by atoms with Crippen LogP contribution < -0.4 is 4.74 Å². The summed E-state index contributed by atoms with van der Waals surface area (Å²) in [5.41, 5.74) is 0.941. The van der Waals surface area contributed by atoms with Crippen LogP contribution in [0.15, 0.2) is 55.1 Å². The molecule has 0 saturated heterocycles. The molecule has 0 heterocycles. The predicted octanol–water partition coefficient (Wildman–Crippen LogP) is 4.02.